The van der Waals surface area contributed by atoms with E-state index in [0.717, 1.165) is 37.7 Å². The summed E-state index contributed by atoms with van der Waals surface area (Å²) in [6.45, 7) is 7.94. The van der Waals surface area contributed by atoms with Crippen molar-refractivity contribution < 1.29 is 9.21 Å². The molecule has 21 heavy (non-hydrogen) atoms. The van der Waals surface area contributed by atoms with Crippen LogP contribution in [0.15, 0.2) is 16.5 Å². The molecule has 0 spiro atoms. The molecule has 1 saturated heterocycles. The number of furan rings is 1. The van der Waals surface area contributed by atoms with Crippen LogP contribution in [-0.2, 0) is 11.3 Å². The molecular formula is C16H27N3O2. The highest BCUT2D eigenvalue weighted by molar-refractivity contribution is 5.79. The molecular weight excluding hydrogens is 266 g/mol. The van der Waals surface area contributed by atoms with E-state index in [1.807, 2.05) is 38.1 Å². The molecule has 5 nitrogen and oxygen atoms in total. The Morgan fingerprint density at radius 2 is 2.10 bits per heavy atom. The zero-order valence-electron chi connectivity index (χ0n) is 13.6. The van der Waals surface area contributed by atoms with Crippen LogP contribution in [0.5, 0.6) is 0 Å². The molecule has 2 unspecified atom stereocenters. The van der Waals surface area contributed by atoms with Crippen molar-refractivity contribution in [1.82, 2.24) is 15.1 Å². The predicted octanol–water partition coefficient (Wildman–Crippen LogP) is 1.33. The lowest BCUT2D eigenvalue weighted by molar-refractivity contribution is -0.137. The van der Waals surface area contributed by atoms with Gasteiger partial charge in [-0.15, -0.1) is 0 Å². The molecule has 1 aromatic rings. The van der Waals surface area contributed by atoms with Crippen LogP contribution in [0, 0.1) is 18.8 Å². The summed E-state index contributed by atoms with van der Waals surface area (Å²) in [5.41, 5.74) is 0. The number of nitrogens with one attached hydrogen (secondary N) is 1. The van der Waals surface area contributed by atoms with Crippen molar-refractivity contribution in [2.45, 2.75) is 20.4 Å². The summed E-state index contributed by atoms with van der Waals surface area (Å²) in [7, 11) is 4.05. The van der Waals surface area contributed by atoms with E-state index in [4.69, 9.17) is 4.42 Å². The van der Waals surface area contributed by atoms with Crippen LogP contribution < -0.4 is 5.32 Å². The molecule has 0 bridgehead atoms. The van der Waals surface area contributed by atoms with Gasteiger partial charge in [-0.2, -0.15) is 0 Å². The lowest BCUT2D eigenvalue weighted by Gasteiger charge is -2.27. The molecule has 0 saturated carbocycles. The van der Waals surface area contributed by atoms with Gasteiger partial charge in [-0.05, 0) is 45.6 Å². The van der Waals surface area contributed by atoms with Crippen molar-refractivity contribution in [2.24, 2.45) is 11.8 Å². The summed E-state index contributed by atoms with van der Waals surface area (Å²) in [5, 5.41) is 3.31. The third-order valence-corrected chi connectivity index (χ3v) is 4.11. The molecule has 0 radical (unpaired) electrons. The number of amides is 1. The second-order valence-corrected chi connectivity index (χ2v) is 6.32. The molecule has 1 amide bonds. The molecule has 2 rings (SSSR count). The average Bonchev–Trinajstić information content (AvgIpc) is 3.02. The van der Waals surface area contributed by atoms with Crippen molar-refractivity contribution in [3.8, 4) is 0 Å². The SMILES string of the molecule is Cc1ccc(CN(CCN(C)C)C(=O)C2CNCC2C)o1. The molecule has 118 valence electrons. The molecule has 1 N–H and O–H groups in total. The van der Waals surface area contributed by atoms with Crippen molar-refractivity contribution in [2.75, 3.05) is 40.3 Å². The van der Waals surface area contributed by atoms with E-state index < -0.39 is 0 Å². The maximum atomic E-state index is 12.8. The van der Waals surface area contributed by atoms with E-state index in [2.05, 4.69) is 17.1 Å². The fourth-order valence-corrected chi connectivity index (χ4v) is 2.72. The van der Waals surface area contributed by atoms with Crippen LogP contribution >= 0.6 is 0 Å². The highest BCUT2D eigenvalue weighted by Crippen LogP contribution is 2.20. The molecule has 1 aliphatic rings. The molecule has 2 heterocycles. The fraction of sp³-hybridized carbons (Fsp3) is 0.688. The molecule has 0 aromatic carbocycles. The van der Waals surface area contributed by atoms with Gasteiger partial charge in [-0.25, -0.2) is 0 Å². The zero-order chi connectivity index (χ0) is 15.4. The van der Waals surface area contributed by atoms with Gasteiger partial charge in [0.1, 0.15) is 11.5 Å². The average molecular weight is 293 g/mol. The van der Waals surface area contributed by atoms with Crippen LogP contribution in [0.25, 0.3) is 0 Å². The van der Waals surface area contributed by atoms with E-state index >= 15 is 0 Å². The van der Waals surface area contributed by atoms with E-state index in [1.165, 1.54) is 0 Å². The standard InChI is InChI=1S/C16H27N3O2/c1-12-9-17-10-15(12)16(20)19(8-7-18(3)4)11-14-6-5-13(2)21-14/h5-6,12,15,17H,7-11H2,1-4H3. The third-order valence-electron chi connectivity index (χ3n) is 4.11. The number of hydrogen-bond donors (Lipinski definition) is 1. The minimum absolute atomic E-state index is 0.0863. The first-order valence-corrected chi connectivity index (χ1v) is 7.67. The molecule has 0 aliphatic carbocycles. The molecule has 1 aliphatic heterocycles. The minimum Gasteiger partial charge on any atom is -0.464 e. The van der Waals surface area contributed by atoms with Gasteiger partial charge in [-0.3, -0.25) is 4.79 Å². The van der Waals surface area contributed by atoms with Crippen LogP contribution in [0.1, 0.15) is 18.4 Å². The first-order valence-electron chi connectivity index (χ1n) is 7.67. The van der Waals surface area contributed by atoms with Gasteiger partial charge < -0.3 is 19.5 Å². The van der Waals surface area contributed by atoms with Crippen LogP contribution in [0.3, 0.4) is 0 Å². The highest BCUT2D eigenvalue weighted by Gasteiger charge is 2.33. The monoisotopic (exact) mass is 293 g/mol. The van der Waals surface area contributed by atoms with Crippen molar-refractivity contribution in [1.29, 1.82) is 0 Å². The first kappa shape index (κ1) is 16.0. The number of nitrogens with zero attached hydrogens (tertiary/aromatic N) is 2. The number of aryl methyl sites for hydroxylation is 1. The van der Waals surface area contributed by atoms with Gasteiger partial charge >= 0.3 is 0 Å². The maximum Gasteiger partial charge on any atom is 0.227 e. The molecule has 2 atom stereocenters. The van der Waals surface area contributed by atoms with E-state index in [0.29, 0.717) is 12.5 Å². The van der Waals surface area contributed by atoms with Crippen molar-refractivity contribution >= 4 is 5.91 Å². The number of likely N-dealkylation sites (N-methyl/N-ethyl adjacent to an activating group) is 1. The van der Waals surface area contributed by atoms with E-state index in [9.17, 15) is 4.79 Å². The Bertz CT molecular complexity index is 470. The normalized spacial score (nSPS) is 22.0. The van der Waals surface area contributed by atoms with Gasteiger partial charge in [0.05, 0.1) is 12.5 Å². The predicted molar refractivity (Wildman–Crippen MR) is 82.9 cm³/mol. The number of carbonyl (C=O) groups excluding carboxylic acids is 1. The van der Waals surface area contributed by atoms with Crippen LogP contribution in [-0.4, -0.2) is 56.0 Å². The summed E-state index contributed by atoms with van der Waals surface area (Å²) in [5.74, 6) is 2.48. The Morgan fingerprint density at radius 1 is 1.33 bits per heavy atom. The second kappa shape index (κ2) is 7.09. The van der Waals surface area contributed by atoms with Gasteiger partial charge in [0, 0.05) is 19.6 Å². The van der Waals surface area contributed by atoms with Crippen molar-refractivity contribution in [3.63, 3.8) is 0 Å². The largest absolute Gasteiger partial charge is 0.464 e. The minimum atomic E-state index is 0.0863. The smallest absolute Gasteiger partial charge is 0.227 e. The summed E-state index contributed by atoms with van der Waals surface area (Å²) < 4.78 is 5.64. The molecule has 5 heteroatoms. The Morgan fingerprint density at radius 3 is 2.62 bits per heavy atom. The van der Waals surface area contributed by atoms with Crippen LogP contribution in [0.4, 0.5) is 0 Å². The zero-order valence-corrected chi connectivity index (χ0v) is 13.6. The van der Waals surface area contributed by atoms with E-state index in [-0.39, 0.29) is 11.8 Å². The highest BCUT2D eigenvalue weighted by atomic mass is 16.3. The Kier molecular flexibility index (Phi) is 5.42. The summed E-state index contributed by atoms with van der Waals surface area (Å²) in [4.78, 5) is 16.8. The Labute approximate surface area is 127 Å². The Hall–Kier alpha value is -1.33. The topological polar surface area (TPSA) is 48.7 Å². The first-order chi connectivity index (χ1) is 9.97. The maximum absolute atomic E-state index is 12.8. The van der Waals surface area contributed by atoms with E-state index in [1.54, 1.807) is 0 Å². The number of rotatable bonds is 6. The fourth-order valence-electron chi connectivity index (χ4n) is 2.72. The quantitative estimate of drug-likeness (QED) is 0.860. The van der Waals surface area contributed by atoms with Crippen molar-refractivity contribution in [3.05, 3.63) is 23.7 Å². The van der Waals surface area contributed by atoms with Crippen LogP contribution in [0.2, 0.25) is 0 Å². The summed E-state index contributed by atoms with van der Waals surface area (Å²) >= 11 is 0. The number of hydrogen-bond acceptors (Lipinski definition) is 4. The third kappa shape index (κ3) is 4.32. The molecule has 1 aromatic heterocycles. The van der Waals surface area contributed by atoms with Gasteiger partial charge in [0.2, 0.25) is 5.91 Å². The molecule has 1 fully saturated rings. The van der Waals surface area contributed by atoms with Gasteiger partial charge in [0.15, 0.2) is 0 Å². The second-order valence-electron chi connectivity index (χ2n) is 6.32. The summed E-state index contributed by atoms with van der Waals surface area (Å²) in [6, 6.07) is 3.91. The lowest BCUT2D eigenvalue weighted by Crippen LogP contribution is -2.41. The van der Waals surface area contributed by atoms with Gasteiger partial charge in [-0.1, -0.05) is 6.92 Å². The Balaban J connectivity index is 2.05. The lowest BCUT2D eigenvalue weighted by atomic mass is 9.96. The van der Waals surface area contributed by atoms with Gasteiger partial charge in [0.25, 0.3) is 0 Å². The number of carbonyl (C=O) groups is 1. The summed E-state index contributed by atoms with van der Waals surface area (Å²) in [6.07, 6.45) is 0.